The third-order valence-electron chi connectivity index (χ3n) is 4.57. The molecule has 0 unspecified atom stereocenters. The van der Waals surface area contributed by atoms with Crippen LogP contribution in [0, 0.1) is 6.92 Å². The Hall–Kier alpha value is -1.79. The van der Waals surface area contributed by atoms with Gasteiger partial charge >= 0.3 is 0 Å². The summed E-state index contributed by atoms with van der Waals surface area (Å²) in [5.74, 6) is 1.67. The number of benzene rings is 1. The zero-order valence-corrected chi connectivity index (χ0v) is 16.0. The summed E-state index contributed by atoms with van der Waals surface area (Å²) in [4.78, 5) is 19.8. The van der Waals surface area contributed by atoms with Crippen LogP contribution in [-0.4, -0.2) is 21.9 Å². The number of fused-ring (bicyclic) bond motifs is 3. The van der Waals surface area contributed by atoms with E-state index in [2.05, 4.69) is 0 Å². The highest BCUT2D eigenvalue weighted by molar-refractivity contribution is 7.99. The fraction of sp³-hybridized carbons (Fsp3) is 0.368. The van der Waals surface area contributed by atoms with Gasteiger partial charge in [-0.05, 0) is 43.4 Å². The second kappa shape index (κ2) is 6.84. The van der Waals surface area contributed by atoms with Gasteiger partial charge in [0.1, 0.15) is 10.6 Å². The molecule has 1 aliphatic carbocycles. The Morgan fingerprint density at radius 1 is 1.32 bits per heavy atom. The molecule has 3 aromatic rings. The topological polar surface area (TPSA) is 44.1 Å². The number of para-hydroxylation sites is 1. The molecule has 0 atom stereocenters. The van der Waals surface area contributed by atoms with E-state index in [0.717, 1.165) is 51.7 Å². The van der Waals surface area contributed by atoms with Crippen LogP contribution in [0.2, 0.25) is 0 Å². The van der Waals surface area contributed by atoms with Crippen molar-refractivity contribution in [2.24, 2.45) is 7.05 Å². The highest BCUT2D eigenvalue weighted by atomic mass is 32.2. The molecule has 2 heterocycles. The maximum absolute atomic E-state index is 12.8. The van der Waals surface area contributed by atoms with E-state index in [1.807, 2.05) is 38.2 Å². The first-order chi connectivity index (χ1) is 12.1. The summed E-state index contributed by atoms with van der Waals surface area (Å²) in [6.45, 7) is 2.63. The van der Waals surface area contributed by atoms with Crippen LogP contribution in [0.4, 0.5) is 0 Å². The molecule has 0 aliphatic heterocycles. The van der Waals surface area contributed by atoms with Gasteiger partial charge in [-0.3, -0.25) is 9.36 Å². The van der Waals surface area contributed by atoms with Crippen molar-refractivity contribution in [3.63, 3.8) is 0 Å². The summed E-state index contributed by atoms with van der Waals surface area (Å²) in [6.07, 6.45) is 3.27. The molecular weight excluding hydrogens is 352 g/mol. The summed E-state index contributed by atoms with van der Waals surface area (Å²) in [7, 11) is 1.82. The second-order valence-electron chi connectivity index (χ2n) is 6.26. The number of thiophene rings is 1. The number of nitrogens with zero attached hydrogens (tertiary/aromatic N) is 2. The maximum Gasteiger partial charge on any atom is 0.262 e. The van der Waals surface area contributed by atoms with E-state index in [1.54, 1.807) is 27.7 Å². The first-order valence-electron chi connectivity index (χ1n) is 8.47. The average Bonchev–Trinajstić information content (AvgIpc) is 3.18. The van der Waals surface area contributed by atoms with Crippen LogP contribution in [-0.2, 0) is 19.9 Å². The predicted octanol–water partition coefficient (Wildman–Crippen LogP) is 3.96. The van der Waals surface area contributed by atoms with Crippen molar-refractivity contribution in [2.75, 3.05) is 12.4 Å². The Morgan fingerprint density at radius 3 is 3.00 bits per heavy atom. The van der Waals surface area contributed by atoms with E-state index in [0.29, 0.717) is 6.61 Å². The fourth-order valence-corrected chi connectivity index (χ4v) is 5.33. The Labute approximate surface area is 154 Å². The quantitative estimate of drug-likeness (QED) is 0.386. The molecule has 130 valence electrons. The molecule has 25 heavy (non-hydrogen) atoms. The van der Waals surface area contributed by atoms with Crippen LogP contribution in [0.15, 0.2) is 34.2 Å². The number of ether oxygens (including phenoxy) is 1. The van der Waals surface area contributed by atoms with Gasteiger partial charge in [0.25, 0.3) is 5.56 Å². The number of aryl methyl sites for hydroxylation is 3. The highest BCUT2D eigenvalue weighted by Crippen LogP contribution is 2.35. The predicted molar refractivity (Wildman–Crippen MR) is 104 cm³/mol. The molecule has 0 N–H and O–H groups in total. The molecule has 4 rings (SSSR count). The molecule has 0 spiro atoms. The molecule has 6 heteroatoms. The van der Waals surface area contributed by atoms with Gasteiger partial charge in [0.05, 0.1) is 12.0 Å². The Bertz CT molecular complexity index is 991. The van der Waals surface area contributed by atoms with Crippen LogP contribution in [0.25, 0.3) is 10.2 Å². The van der Waals surface area contributed by atoms with Crippen LogP contribution in [0.5, 0.6) is 5.75 Å². The number of aromatic nitrogens is 2. The van der Waals surface area contributed by atoms with Gasteiger partial charge in [-0.15, -0.1) is 11.3 Å². The summed E-state index contributed by atoms with van der Waals surface area (Å²) in [5.41, 5.74) is 2.46. The lowest BCUT2D eigenvalue weighted by molar-refractivity contribution is 0.341. The lowest BCUT2D eigenvalue weighted by atomic mass is 10.2. The van der Waals surface area contributed by atoms with E-state index in [1.165, 1.54) is 10.4 Å². The molecule has 4 nitrogen and oxygen atoms in total. The molecule has 0 saturated heterocycles. The minimum atomic E-state index is 0.0896. The monoisotopic (exact) mass is 372 g/mol. The van der Waals surface area contributed by atoms with Gasteiger partial charge in [0.2, 0.25) is 0 Å². The van der Waals surface area contributed by atoms with Crippen LogP contribution >= 0.6 is 23.1 Å². The number of thioether (sulfide) groups is 1. The Morgan fingerprint density at radius 2 is 2.16 bits per heavy atom. The van der Waals surface area contributed by atoms with E-state index in [-0.39, 0.29) is 5.56 Å². The molecular formula is C19H20N2O2S2. The second-order valence-corrected chi connectivity index (χ2v) is 8.40. The van der Waals surface area contributed by atoms with Crippen LogP contribution in [0.3, 0.4) is 0 Å². The number of rotatable bonds is 5. The number of hydrogen-bond donors (Lipinski definition) is 0. The highest BCUT2D eigenvalue weighted by Gasteiger charge is 2.22. The maximum atomic E-state index is 12.8. The van der Waals surface area contributed by atoms with E-state index >= 15 is 0 Å². The van der Waals surface area contributed by atoms with E-state index < -0.39 is 0 Å². The fourth-order valence-electron chi connectivity index (χ4n) is 3.24. The normalized spacial score (nSPS) is 13.4. The molecule has 1 aromatic carbocycles. The van der Waals surface area contributed by atoms with Gasteiger partial charge < -0.3 is 4.74 Å². The van der Waals surface area contributed by atoms with Gasteiger partial charge in [0, 0.05) is 17.7 Å². The van der Waals surface area contributed by atoms with Crippen molar-refractivity contribution in [2.45, 2.75) is 31.3 Å². The molecule has 0 fully saturated rings. The molecule has 1 aliphatic rings. The first kappa shape index (κ1) is 16.7. The third-order valence-corrected chi connectivity index (χ3v) is 6.75. The molecule has 0 amide bonds. The molecule has 2 aromatic heterocycles. The van der Waals surface area contributed by atoms with Crippen molar-refractivity contribution in [3.8, 4) is 5.75 Å². The summed E-state index contributed by atoms with van der Waals surface area (Å²) < 4.78 is 7.52. The minimum Gasteiger partial charge on any atom is -0.492 e. The molecule has 0 radical (unpaired) electrons. The zero-order chi connectivity index (χ0) is 17.4. The summed E-state index contributed by atoms with van der Waals surface area (Å²) in [5, 5.41) is 1.62. The lowest BCUT2D eigenvalue weighted by Gasteiger charge is -2.10. The van der Waals surface area contributed by atoms with Gasteiger partial charge in [-0.25, -0.2) is 4.98 Å². The van der Waals surface area contributed by atoms with Crippen molar-refractivity contribution in [1.82, 2.24) is 9.55 Å². The van der Waals surface area contributed by atoms with Gasteiger partial charge in [-0.2, -0.15) is 0 Å². The smallest absolute Gasteiger partial charge is 0.262 e. The van der Waals surface area contributed by atoms with E-state index in [4.69, 9.17) is 9.72 Å². The van der Waals surface area contributed by atoms with Crippen LogP contribution < -0.4 is 10.3 Å². The SMILES string of the molecule is Cc1ccccc1OCCSc1nc2sc3c(c2c(=O)n1C)CCC3. The lowest BCUT2D eigenvalue weighted by Crippen LogP contribution is -2.20. The number of hydrogen-bond acceptors (Lipinski definition) is 5. The molecule has 0 bridgehead atoms. The first-order valence-corrected chi connectivity index (χ1v) is 10.3. The standard InChI is InChI=1S/C19H20N2O2S2/c1-12-6-3-4-8-14(12)23-10-11-24-19-20-17-16(18(22)21(19)2)13-7-5-9-15(13)25-17/h3-4,6,8H,5,7,9-11H2,1-2H3. The van der Waals surface area contributed by atoms with Gasteiger partial charge in [0.15, 0.2) is 5.16 Å². The van der Waals surface area contributed by atoms with Crippen LogP contribution in [0.1, 0.15) is 22.4 Å². The minimum absolute atomic E-state index is 0.0896. The third kappa shape index (κ3) is 3.09. The Kier molecular flexibility index (Phi) is 4.56. The Balaban J connectivity index is 1.49. The largest absolute Gasteiger partial charge is 0.492 e. The van der Waals surface area contributed by atoms with Crippen molar-refractivity contribution in [3.05, 3.63) is 50.6 Å². The average molecular weight is 373 g/mol. The van der Waals surface area contributed by atoms with Crippen molar-refractivity contribution < 1.29 is 4.74 Å². The molecule has 0 saturated carbocycles. The van der Waals surface area contributed by atoms with E-state index in [9.17, 15) is 4.79 Å². The summed E-state index contributed by atoms with van der Waals surface area (Å²) in [6, 6.07) is 8.00. The zero-order valence-electron chi connectivity index (χ0n) is 14.4. The van der Waals surface area contributed by atoms with Crippen molar-refractivity contribution >= 4 is 33.3 Å². The van der Waals surface area contributed by atoms with Crippen molar-refractivity contribution in [1.29, 1.82) is 0 Å². The van der Waals surface area contributed by atoms with Gasteiger partial charge in [-0.1, -0.05) is 30.0 Å². The summed E-state index contributed by atoms with van der Waals surface area (Å²) >= 11 is 3.27.